The van der Waals surface area contributed by atoms with Crippen molar-refractivity contribution in [2.75, 3.05) is 38.8 Å². The van der Waals surface area contributed by atoms with Crippen LogP contribution in [-0.2, 0) is 19.7 Å². The van der Waals surface area contributed by atoms with Gasteiger partial charge in [-0.3, -0.25) is 9.69 Å². The first-order chi connectivity index (χ1) is 18.7. The number of methoxy groups -OCH3 is 1. The lowest BCUT2D eigenvalue weighted by molar-refractivity contribution is -0.228. The molecule has 39 heavy (non-hydrogen) atoms. The van der Waals surface area contributed by atoms with Crippen LogP contribution in [0.5, 0.6) is 5.75 Å². The molecule has 8 heteroatoms. The van der Waals surface area contributed by atoms with Gasteiger partial charge in [0.2, 0.25) is 0 Å². The molecule has 1 unspecified atom stereocenters. The molecule has 3 aliphatic heterocycles. The molecule has 4 aliphatic rings. The zero-order valence-corrected chi connectivity index (χ0v) is 22.9. The van der Waals surface area contributed by atoms with Gasteiger partial charge in [0, 0.05) is 49.1 Å². The molecule has 1 spiro atoms. The minimum Gasteiger partial charge on any atom is -0.497 e. The van der Waals surface area contributed by atoms with Crippen molar-refractivity contribution in [1.82, 2.24) is 4.90 Å². The normalized spacial score (nSPS) is 34.2. The summed E-state index contributed by atoms with van der Waals surface area (Å²) in [4.78, 5) is 30.3. The summed E-state index contributed by atoms with van der Waals surface area (Å²) in [6.07, 6.45) is 4.80. The average Bonchev–Trinajstić information content (AvgIpc) is 3.46. The molecular weight excluding hydrogens is 496 g/mol. The molecule has 0 aromatic heterocycles. The van der Waals surface area contributed by atoms with Crippen LogP contribution in [0.3, 0.4) is 0 Å². The molecule has 1 aliphatic carbocycles. The molecule has 206 valence electrons. The number of hydrogen-bond donors (Lipinski definition) is 1. The number of nitrogens with zero attached hydrogens (tertiary/aromatic N) is 2. The third-order valence-electron chi connectivity index (χ3n) is 9.66. The Morgan fingerprint density at radius 2 is 1.90 bits per heavy atom. The number of carbonyl (C=O) groups excluding carboxylic acids is 2. The lowest BCUT2D eigenvalue weighted by Gasteiger charge is -2.64. The maximum atomic E-state index is 13.1. The summed E-state index contributed by atoms with van der Waals surface area (Å²) >= 11 is 0. The fourth-order valence-corrected chi connectivity index (χ4v) is 8.45. The van der Waals surface area contributed by atoms with Crippen LogP contribution < -0.4 is 9.64 Å². The van der Waals surface area contributed by atoms with E-state index in [9.17, 15) is 14.7 Å². The van der Waals surface area contributed by atoms with Gasteiger partial charge < -0.3 is 24.2 Å². The Labute approximate surface area is 229 Å². The molecule has 8 nitrogen and oxygen atoms in total. The smallest absolute Gasteiger partial charge is 0.338 e. The van der Waals surface area contributed by atoms with Crippen molar-refractivity contribution >= 4 is 17.6 Å². The third-order valence-corrected chi connectivity index (χ3v) is 9.66. The summed E-state index contributed by atoms with van der Waals surface area (Å²) < 4.78 is 17.6. The number of ether oxygens (including phenoxy) is 3. The van der Waals surface area contributed by atoms with Crippen molar-refractivity contribution in [2.45, 2.75) is 55.9 Å². The van der Waals surface area contributed by atoms with Crippen LogP contribution in [0.25, 0.3) is 0 Å². The number of esters is 2. The van der Waals surface area contributed by atoms with Crippen LogP contribution in [0.15, 0.2) is 60.7 Å². The predicted molar refractivity (Wildman–Crippen MR) is 146 cm³/mol. The van der Waals surface area contributed by atoms with Gasteiger partial charge in [-0.25, -0.2) is 4.79 Å². The van der Waals surface area contributed by atoms with Crippen molar-refractivity contribution in [2.24, 2.45) is 5.41 Å². The van der Waals surface area contributed by atoms with Crippen molar-refractivity contribution in [3.05, 3.63) is 71.8 Å². The lowest BCUT2D eigenvalue weighted by Crippen LogP contribution is -2.80. The topological polar surface area (TPSA) is 88.5 Å². The van der Waals surface area contributed by atoms with Gasteiger partial charge in [-0.15, -0.1) is 0 Å². The Morgan fingerprint density at radius 3 is 2.59 bits per heavy atom. The average molecular weight is 533 g/mol. The molecule has 0 radical (unpaired) electrons. The Kier molecular flexibility index (Phi) is 6.04. The second kappa shape index (κ2) is 9.10. The number of aliphatic hydroxyl groups is 1. The minimum absolute atomic E-state index is 0.0171. The molecule has 2 aromatic rings. The van der Waals surface area contributed by atoms with Crippen molar-refractivity contribution in [1.29, 1.82) is 0 Å². The van der Waals surface area contributed by atoms with Crippen LogP contribution in [0.2, 0.25) is 0 Å². The Hall–Kier alpha value is -3.36. The van der Waals surface area contributed by atoms with Crippen LogP contribution >= 0.6 is 0 Å². The van der Waals surface area contributed by atoms with Crippen LogP contribution in [0, 0.1) is 5.41 Å². The van der Waals surface area contributed by atoms with Gasteiger partial charge in [0.05, 0.1) is 18.7 Å². The molecule has 6 rings (SSSR count). The van der Waals surface area contributed by atoms with Crippen LogP contribution in [0.4, 0.5) is 5.69 Å². The van der Waals surface area contributed by atoms with Gasteiger partial charge >= 0.3 is 11.9 Å². The van der Waals surface area contributed by atoms with Crippen LogP contribution in [0.1, 0.15) is 42.6 Å². The number of carbonyl (C=O) groups is 2. The van der Waals surface area contributed by atoms with Gasteiger partial charge in [-0.05, 0) is 43.1 Å². The van der Waals surface area contributed by atoms with Gasteiger partial charge in [-0.2, -0.15) is 0 Å². The van der Waals surface area contributed by atoms with E-state index in [0.29, 0.717) is 12.0 Å². The first-order valence-electron chi connectivity index (χ1n) is 13.7. The number of benzene rings is 2. The lowest BCUT2D eigenvalue weighted by atomic mass is 9.48. The SMILES string of the molecule is CC[C@]12C=CCN3CC[C@@]4(c5ccc(OC)cc5N(C)[C@H]4[C@@](O)(COC(=O)c4ccccc4)[C@@H]1OC(C)=O)C32. The second-order valence-corrected chi connectivity index (χ2v) is 11.4. The van der Waals surface area contributed by atoms with E-state index in [-0.39, 0.29) is 12.6 Å². The Balaban J connectivity index is 1.55. The van der Waals surface area contributed by atoms with Gasteiger partial charge in [0.25, 0.3) is 0 Å². The number of likely N-dealkylation sites (N-methyl/N-ethyl adjacent to an activating group) is 1. The number of hydrogen-bond acceptors (Lipinski definition) is 8. The summed E-state index contributed by atoms with van der Waals surface area (Å²) in [6.45, 7) is 4.78. The zero-order chi connectivity index (χ0) is 27.6. The highest BCUT2D eigenvalue weighted by molar-refractivity contribution is 5.89. The summed E-state index contributed by atoms with van der Waals surface area (Å²) in [6, 6.07) is 14.3. The van der Waals surface area contributed by atoms with E-state index in [4.69, 9.17) is 14.2 Å². The van der Waals surface area contributed by atoms with E-state index in [0.717, 1.165) is 36.5 Å². The van der Waals surface area contributed by atoms with Gasteiger partial charge in [0.1, 0.15) is 18.5 Å². The maximum Gasteiger partial charge on any atom is 0.338 e. The van der Waals surface area contributed by atoms with Crippen molar-refractivity contribution in [3.8, 4) is 5.75 Å². The summed E-state index contributed by atoms with van der Waals surface area (Å²) in [7, 11) is 3.61. The monoisotopic (exact) mass is 532 g/mol. The first-order valence-corrected chi connectivity index (χ1v) is 13.7. The summed E-state index contributed by atoms with van der Waals surface area (Å²) in [5.74, 6) is -0.276. The van der Waals surface area contributed by atoms with Crippen LogP contribution in [-0.4, -0.2) is 79.6 Å². The van der Waals surface area contributed by atoms with Crippen molar-refractivity contribution in [3.63, 3.8) is 0 Å². The molecule has 0 amide bonds. The largest absolute Gasteiger partial charge is 0.497 e. The molecule has 2 aromatic carbocycles. The zero-order valence-electron chi connectivity index (χ0n) is 22.9. The first kappa shape index (κ1) is 25.9. The molecular formula is C31H36N2O6. The standard InChI is InChI=1S/C31H36N2O6/c1-5-29-14-9-16-33-17-15-30(26(29)33)23-13-12-22(37-4)18-24(23)32(3)27(30)31(36,28(29)39-20(2)34)19-38-25(35)21-10-7-6-8-11-21/h6-14,18,26-28,36H,5,15-17,19H2,1-4H3/t26?,27-,28-,29-,30-,31+/m1/s1. The quantitative estimate of drug-likeness (QED) is 0.448. The Morgan fingerprint density at radius 1 is 1.13 bits per heavy atom. The molecule has 0 bridgehead atoms. The number of anilines is 1. The highest BCUT2D eigenvalue weighted by Crippen LogP contribution is 2.67. The van der Waals surface area contributed by atoms with E-state index in [1.807, 2.05) is 25.2 Å². The van der Waals surface area contributed by atoms with Crippen molar-refractivity contribution < 1.29 is 28.9 Å². The predicted octanol–water partition coefficient (Wildman–Crippen LogP) is 3.33. The van der Waals surface area contributed by atoms with E-state index in [2.05, 4.69) is 34.9 Å². The maximum absolute atomic E-state index is 13.1. The molecule has 6 atom stereocenters. The molecule has 3 heterocycles. The molecule has 1 N–H and O–H groups in total. The van der Waals surface area contributed by atoms with Gasteiger partial charge in [-0.1, -0.05) is 43.3 Å². The highest BCUT2D eigenvalue weighted by Gasteiger charge is 2.78. The highest BCUT2D eigenvalue weighted by atomic mass is 16.6. The molecule has 1 saturated carbocycles. The van der Waals surface area contributed by atoms with E-state index in [1.54, 1.807) is 31.4 Å². The summed E-state index contributed by atoms with van der Waals surface area (Å²) in [5.41, 5.74) is -0.366. The fourth-order valence-electron chi connectivity index (χ4n) is 8.45. The Bertz CT molecular complexity index is 1330. The number of rotatable bonds is 6. The molecule has 1 saturated heterocycles. The second-order valence-electron chi connectivity index (χ2n) is 11.4. The fraction of sp³-hybridized carbons (Fsp3) is 0.484. The van der Waals surface area contributed by atoms with Gasteiger partial charge in [0.15, 0.2) is 5.60 Å². The number of fused-ring (bicyclic) bond motifs is 1. The third kappa shape index (κ3) is 3.44. The van der Waals surface area contributed by atoms with E-state index in [1.165, 1.54) is 6.92 Å². The molecule has 2 fully saturated rings. The van der Waals surface area contributed by atoms with E-state index < -0.39 is 40.5 Å². The van der Waals surface area contributed by atoms with E-state index >= 15 is 0 Å². The summed E-state index contributed by atoms with van der Waals surface area (Å²) in [5, 5.41) is 13.0. The minimum atomic E-state index is -1.71.